The average molecular weight is 285 g/mol. The summed E-state index contributed by atoms with van der Waals surface area (Å²) in [6.45, 7) is 2.01. The molecule has 1 unspecified atom stereocenters. The first kappa shape index (κ1) is 13.8. The highest BCUT2D eigenvalue weighted by Gasteiger charge is 2.16. The first-order valence-electron chi connectivity index (χ1n) is 7.31. The number of hydrogen-bond acceptors (Lipinski definition) is 4. The van der Waals surface area contributed by atoms with Crippen molar-refractivity contribution in [2.24, 2.45) is 5.92 Å². The molecule has 1 amide bonds. The van der Waals surface area contributed by atoms with Crippen molar-refractivity contribution in [3.63, 3.8) is 0 Å². The van der Waals surface area contributed by atoms with Crippen molar-refractivity contribution < 1.29 is 9.21 Å². The van der Waals surface area contributed by atoms with E-state index in [0.29, 0.717) is 12.3 Å². The lowest BCUT2D eigenvalue weighted by atomic mass is 9.96. The Bertz CT molecular complexity index is 572. The van der Waals surface area contributed by atoms with Gasteiger partial charge in [-0.15, -0.1) is 0 Å². The molecule has 3 rings (SSSR count). The Morgan fingerprint density at radius 1 is 1.38 bits per heavy atom. The van der Waals surface area contributed by atoms with E-state index in [0.717, 1.165) is 42.9 Å². The Hall–Kier alpha value is -2.14. The van der Waals surface area contributed by atoms with E-state index in [9.17, 15) is 4.79 Å². The number of nitrogens with one attached hydrogen (secondary N) is 2. The number of anilines is 1. The molecular formula is C16H19N3O2. The molecule has 0 radical (unpaired) electrons. The van der Waals surface area contributed by atoms with Crippen LogP contribution in [-0.4, -0.2) is 24.0 Å². The highest BCUT2D eigenvalue weighted by Crippen LogP contribution is 2.21. The number of benzene rings is 1. The van der Waals surface area contributed by atoms with Crippen LogP contribution in [0.25, 0.3) is 11.3 Å². The molecule has 0 aliphatic carbocycles. The number of rotatable bonds is 4. The molecule has 1 aromatic carbocycles. The molecule has 0 saturated carbocycles. The van der Waals surface area contributed by atoms with Gasteiger partial charge in [-0.25, -0.2) is 4.98 Å². The molecule has 0 spiro atoms. The highest BCUT2D eigenvalue weighted by molar-refractivity contribution is 5.91. The lowest BCUT2D eigenvalue weighted by Gasteiger charge is -2.22. The van der Waals surface area contributed by atoms with Crippen molar-refractivity contribution in [3.8, 4) is 11.3 Å². The second kappa shape index (κ2) is 6.54. The number of nitrogens with zero attached hydrogens (tertiary/aromatic N) is 1. The normalized spacial score (nSPS) is 18.4. The van der Waals surface area contributed by atoms with Crippen LogP contribution in [0.15, 0.2) is 41.3 Å². The Kier molecular flexibility index (Phi) is 4.31. The standard InChI is InChI=1S/C16H19N3O2/c20-16(8-12-2-1-7-17-9-12)19-14-5-3-13(4-6-14)15-10-18-11-21-15/h3-6,10-12,17H,1-2,7-9H2,(H,19,20). The molecule has 1 atom stereocenters. The zero-order valence-electron chi connectivity index (χ0n) is 11.8. The first-order valence-corrected chi connectivity index (χ1v) is 7.31. The van der Waals surface area contributed by atoms with Gasteiger partial charge >= 0.3 is 0 Å². The van der Waals surface area contributed by atoms with Gasteiger partial charge in [-0.3, -0.25) is 4.79 Å². The van der Waals surface area contributed by atoms with Crippen LogP contribution in [0.5, 0.6) is 0 Å². The van der Waals surface area contributed by atoms with Crippen molar-refractivity contribution in [2.45, 2.75) is 19.3 Å². The molecular weight excluding hydrogens is 266 g/mol. The van der Waals surface area contributed by atoms with Crippen LogP contribution in [0.3, 0.4) is 0 Å². The average Bonchev–Trinajstić information content (AvgIpc) is 3.03. The monoisotopic (exact) mass is 285 g/mol. The molecule has 2 aromatic rings. The maximum Gasteiger partial charge on any atom is 0.224 e. The molecule has 1 aliphatic heterocycles. The van der Waals surface area contributed by atoms with Gasteiger partial charge in [0.1, 0.15) is 0 Å². The summed E-state index contributed by atoms with van der Waals surface area (Å²) in [4.78, 5) is 15.9. The first-order chi connectivity index (χ1) is 10.3. The van der Waals surface area contributed by atoms with E-state index in [2.05, 4.69) is 15.6 Å². The maximum absolute atomic E-state index is 12.0. The molecule has 21 heavy (non-hydrogen) atoms. The van der Waals surface area contributed by atoms with Crippen molar-refractivity contribution in [2.75, 3.05) is 18.4 Å². The molecule has 5 heteroatoms. The van der Waals surface area contributed by atoms with Crippen LogP contribution >= 0.6 is 0 Å². The number of oxazole rings is 1. The van der Waals surface area contributed by atoms with Gasteiger partial charge in [0.15, 0.2) is 12.2 Å². The zero-order chi connectivity index (χ0) is 14.5. The van der Waals surface area contributed by atoms with E-state index < -0.39 is 0 Å². The Morgan fingerprint density at radius 3 is 2.90 bits per heavy atom. The lowest BCUT2D eigenvalue weighted by molar-refractivity contribution is -0.117. The molecule has 1 aromatic heterocycles. The summed E-state index contributed by atoms with van der Waals surface area (Å²) in [5, 5.41) is 6.28. The van der Waals surface area contributed by atoms with Gasteiger partial charge in [-0.2, -0.15) is 0 Å². The van der Waals surface area contributed by atoms with Crippen molar-refractivity contribution in [1.29, 1.82) is 0 Å². The van der Waals surface area contributed by atoms with Gasteiger partial charge < -0.3 is 15.1 Å². The van der Waals surface area contributed by atoms with Crippen LogP contribution in [-0.2, 0) is 4.79 Å². The number of carbonyl (C=O) groups is 1. The second-order valence-corrected chi connectivity index (χ2v) is 5.41. The Labute approximate surface area is 123 Å². The van der Waals surface area contributed by atoms with Crippen LogP contribution in [0.2, 0.25) is 0 Å². The number of hydrogen-bond donors (Lipinski definition) is 2. The smallest absolute Gasteiger partial charge is 0.224 e. The van der Waals surface area contributed by atoms with Gasteiger partial charge in [0.2, 0.25) is 5.91 Å². The summed E-state index contributed by atoms with van der Waals surface area (Å²) in [5.74, 6) is 1.25. The van der Waals surface area contributed by atoms with Crippen LogP contribution < -0.4 is 10.6 Å². The Morgan fingerprint density at radius 2 is 2.24 bits per heavy atom. The summed E-state index contributed by atoms with van der Waals surface area (Å²) < 4.78 is 5.24. The molecule has 2 heterocycles. The van der Waals surface area contributed by atoms with Crippen molar-refractivity contribution >= 4 is 11.6 Å². The molecule has 1 fully saturated rings. The highest BCUT2D eigenvalue weighted by atomic mass is 16.3. The third-order valence-electron chi connectivity index (χ3n) is 3.76. The van der Waals surface area contributed by atoms with Crippen LogP contribution in [0.4, 0.5) is 5.69 Å². The molecule has 0 bridgehead atoms. The molecule has 110 valence electrons. The zero-order valence-corrected chi connectivity index (χ0v) is 11.8. The number of carbonyl (C=O) groups excluding carboxylic acids is 1. The van der Waals surface area contributed by atoms with E-state index >= 15 is 0 Å². The van der Waals surface area contributed by atoms with Crippen molar-refractivity contribution in [3.05, 3.63) is 36.9 Å². The fraction of sp³-hybridized carbons (Fsp3) is 0.375. The van der Waals surface area contributed by atoms with Gasteiger partial charge in [-0.05, 0) is 56.1 Å². The molecule has 5 nitrogen and oxygen atoms in total. The maximum atomic E-state index is 12.0. The van der Waals surface area contributed by atoms with E-state index in [1.807, 2.05) is 24.3 Å². The predicted octanol–water partition coefficient (Wildman–Crippen LogP) is 2.67. The van der Waals surface area contributed by atoms with Gasteiger partial charge in [0.05, 0.1) is 6.20 Å². The van der Waals surface area contributed by atoms with E-state index in [4.69, 9.17) is 4.42 Å². The second-order valence-electron chi connectivity index (χ2n) is 5.41. The van der Waals surface area contributed by atoms with Gasteiger partial charge in [-0.1, -0.05) is 0 Å². The van der Waals surface area contributed by atoms with Crippen molar-refractivity contribution in [1.82, 2.24) is 10.3 Å². The Balaban J connectivity index is 1.56. The van der Waals surface area contributed by atoms with Crippen LogP contribution in [0, 0.1) is 5.92 Å². The largest absolute Gasteiger partial charge is 0.444 e. The molecule has 1 aliphatic rings. The third kappa shape index (κ3) is 3.70. The summed E-state index contributed by atoms with van der Waals surface area (Å²) in [5.41, 5.74) is 1.76. The lowest BCUT2D eigenvalue weighted by Crippen LogP contribution is -2.32. The van der Waals surface area contributed by atoms with E-state index in [1.165, 1.54) is 6.39 Å². The summed E-state index contributed by atoms with van der Waals surface area (Å²) >= 11 is 0. The minimum atomic E-state index is 0.0797. The van der Waals surface area contributed by atoms with Gasteiger partial charge in [0.25, 0.3) is 0 Å². The van der Waals surface area contributed by atoms with Gasteiger partial charge in [0, 0.05) is 17.7 Å². The molecule has 2 N–H and O–H groups in total. The third-order valence-corrected chi connectivity index (χ3v) is 3.76. The number of amides is 1. The fourth-order valence-electron chi connectivity index (χ4n) is 2.65. The van der Waals surface area contributed by atoms with Crippen LogP contribution in [0.1, 0.15) is 19.3 Å². The predicted molar refractivity (Wildman–Crippen MR) is 80.8 cm³/mol. The SMILES string of the molecule is O=C(CC1CCCNC1)Nc1ccc(-c2cnco2)cc1. The minimum Gasteiger partial charge on any atom is -0.444 e. The van der Waals surface area contributed by atoms with E-state index in [-0.39, 0.29) is 5.91 Å². The minimum absolute atomic E-state index is 0.0797. The summed E-state index contributed by atoms with van der Waals surface area (Å²) in [6, 6.07) is 7.60. The fourth-order valence-corrected chi connectivity index (χ4v) is 2.65. The summed E-state index contributed by atoms with van der Waals surface area (Å²) in [7, 11) is 0. The topological polar surface area (TPSA) is 67.2 Å². The molecule has 1 saturated heterocycles. The van der Waals surface area contributed by atoms with E-state index in [1.54, 1.807) is 6.20 Å². The number of piperidine rings is 1. The summed E-state index contributed by atoms with van der Waals surface area (Å²) in [6.07, 6.45) is 5.94. The quantitative estimate of drug-likeness (QED) is 0.906. The number of aromatic nitrogens is 1.